The lowest BCUT2D eigenvalue weighted by Gasteiger charge is -2.18. The van der Waals surface area contributed by atoms with E-state index in [0.717, 1.165) is 16.9 Å². The minimum absolute atomic E-state index is 1.07. The second-order valence-corrected chi connectivity index (χ2v) is 11.0. The van der Waals surface area contributed by atoms with Crippen LogP contribution in [-0.4, -0.2) is 4.98 Å². The zero-order chi connectivity index (χ0) is 28.0. The first kappa shape index (κ1) is 24.3. The molecule has 2 heteroatoms. The molecule has 0 aliphatic heterocycles. The number of hydrogen-bond acceptors (Lipinski definition) is 0. The van der Waals surface area contributed by atoms with Crippen molar-refractivity contribution in [2.75, 3.05) is 0 Å². The average molecular weight is 538 g/mol. The second kappa shape index (κ2) is 9.87. The van der Waals surface area contributed by atoms with Crippen LogP contribution in [-0.2, 0) is 0 Å². The summed E-state index contributed by atoms with van der Waals surface area (Å²) in [5.41, 5.74) is 12.1. The molecule has 2 nitrogen and oxygen atoms in total. The third-order valence-corrected chi connectivity index (χ3v) is 8.37. The van der Waals surface area contributed by atoms with Crippen molar-refractivity contribution in [3.8, 4) is 44.6 Å². The maximum absolute atomic E-state index is 3.60. The summed E-state index contributed by atoms with van der Waals surface area (Å²) < 4.78 is 2.18. The van der Waals surface area contributed by atoms with Gasteiger partial charge in [0.25, 0.3) is 5.65 Å². The quantitative estimate of drug-likeness (QED) is 0.170. The molecule has 8 aromatic rings. The van der Waals surface area contributed by atoms with E-state index >= 15 is 0 Å². The maximum Gasteiger partial charge on any atom is 0.284 e. The van der Waals surface area contributed by atoms with Gasteiger partial charge < -0.3 is 0 Å². The van der Waals surface area contributed by atoms with Crippen molar-refractivity contribution in [2.24, 2.45) is 0 Å². The van der Waals surface area contributed by atoms with Gasteiger partial charge in [0.05, 0.1) is 0 Å². The lowest BCUT2D eigenvalue weighted by molar-refractivity contribution is -0.509. The molecule has 0 amide bonds. The lowest BCUT2D eigenvalue weighted by atomic mass is 9.85. The third-order valence-electron chi connectivity index (χ3n) is 8.37. The van der Waals surface area contributed by atoms with Crippen LogP contribution in [0.3, 0.4) is 0 Å². The van der Waals surface area contributed by atoms with Crippen LogP contribution >= 0.6 is 0 Å². The fourth-order valence-electron chi connectivity index (χ4n) is 6.27. The Kier molecular flexibility index (Phi) is 5.72. The highest BCUT2D eigenvalue weighted by molar-refractivity contribution is 6.21. The number of hydrogen-bond donors (Lipinski definition) is 1. The molecule has 42 heavy (non-hydrogen) atoms. The molecule has 6 aromatic carbocycles. The summed E-state index contributed by atoms with van der Waals surface area (Å²) >= 11 is 0. The van der Waals surface area contributed by atoms with Crippen LogP contribution in [0.25, 0.3) is 71.8 Å². The fraction of sp³-hybridized carbons (Fsp3) is 0.0250. The monoisotopic (exact) mass is 537 g/mol. The van der Waals surface area contributed by atoms with Gasteiger partial charge in [0, 0.05) is 17.2 Å². The van der Waals surface area contributed by atoms with E-state index in [4.69, 9.17) is 0 Å². The molecule has 2 heterocycles. The van der Waals surface area contributed by atoms with Crippen LogP contribution in [0.15, 0.2) is 152 Å². The van der Waals surface area contributed by atoms with Gasteiger partial charge in [-0.15, -0.1) is 0 Å². The Labute approximate surface area is 245 Å². The van der Waals surface area contributed by atoms with Gasteiger partial charge in [-0.05, 0) is 74.5 Å². The molecule has 0 saturated heterocycles. The molecule has 0 unspecified atom stereocenters. The first-order valence-corrected chi connectivity index (χ1v) is 14.4. The number of H-pyrrole nitrogens is 1. The summed E-state index contributed by atoms with van der Waals surface area (Å²) in [5.74, 6) is 0. The number of aromatic amines is 1. The summed E-state index contributed by atoms with van der Waals surface area (Å²) in [7, 11) is 0. The second-order valence-electron chi connectivity index (χ2n) is 11.0. The molecule has 2 aromatic heterocycles. The van der Waals surface area contributed by atoms with Gasteiger partial charge >= 0.3 is 0 Å². The largest absolute Gasteiger partial charge is 0.284 e. The molecule has 0 bridgehead atoms. The van der Waals surface area contributed by atoms with Crippen LogP contribution < -0.4 is 4.40 Å². The molecule has 0 atom stereocenters. The van der Waals surface area contributed by atoms with Crippen LogP contribution in [0.2, 0.25) is 0 Å². The minimum atomic E-state index is 1.07. The van der Waals surface area contributed by atoms with Gasteiger partial charge in [-0.25, -0.2) is 9.38 Å². The van der Waals surface area contributed by atoms with Gasteiger partial charge in [-0.3, -0.25) is 0 Å². The van der Waals surface area contributed by atoms with Crippen LogP contribution in [0, 0.1) is 6.92 Å². The number of pyridine rings is 1. The molecule has 0 aliphatic rings. The van der Waals surface area contributed by atoms with Crippen molar-refractivity contribution in [2.45, 2.75) is 6.92 Å². The maximum atomic E-state index is 3.60. The molecular weight excluding hydrogens is 508 g/mol. The van der Waals surface area contributed by atoms with Gasteiger partial charge in [0.2, 0.25) is 0 Å². The van der Waals surface area contributed by atoms with E-state index in [-0.39, 0.29) is 0 Å². The van der Waals surface area contributed by atoms with Crippen LogP contribution in [0.4, 0.5) is 0 Å². The van der Waals surface area contributed by atoms with Gasteiger partial charge in [-0.2, -0.15) is 0 Å². The van der Waals surface area contributed by atoms with E-state index in [1.807, 2.05) is 0 Å². The number of rotatable bonds is 4. The number of aromatic nitrogens is 2. The summed E-state index contributed by atoms with van der Waals surface area (Å²) in [4.78, 5) is 3.60. The Morgan fingerprint density at radius 3 is 1.45 bits per heavy atom. The highest BCUT2D eigenvalue weighted by Crippen LogP contribution is 2.43. The highest BCUT2D eigenvalue weighted by Gasteiger charge is 2.17. The smallest absolute Gasteiger partial charge is 0.237 e. The summed E-state index contributed by atoms with van der Waals surface area (Å²) in [6, 6.07) is 50.4. The first-order valence-electron chi connectivity index (χ1n) is 14.4. The number of nitrogens with zero attached hydrogens (tertiary/aromatic N) is 1. The van der Waals surface area contributed by atoms with E-state index in [1.54, 1.807) is 0 Å². The predicted molar refractivity (Wildman–Crippen MR) is 175 cm³/mol. The molecule has 198 valence electrons. The van der Waals surface area contributed by atoms with Crippen molar-refractivity contribution in [3.63, 3.8) is 0 Å². The standard InChI is InChI=1S/C40H28N2/c1-27-15-17-30(18-16-27)39-33-11-5-7-13-35(33)40(36-14-8-6-12-34(36)39)31-21-19-29(20-22-31)37-26-42-25-32(23-24-38(42)41-37)28-9-3-2-4-10-28/h2-26H,1H3/p+1. The Morgan fingerprint density at radius 2 is 0.881 bits per heavy atom. The Morgan fingerprint density at radius 1 is 0.405 bits per heavy atom. The lowest BCUT2D eigenvalue weighted by Crippen LogP contribution is -2.17. The van der Waals surface area contributed by atoms with Crippen molar-refractivity contribution in [1.82, 2.24) is 4.98 Å². The molecule has 0 fully saturated rings. The van der Waals surface area contributed by atoms with E-state index in [1.165, 1.54) is 60.5 Å². The van der Waals surface area contributed by atoms with E-state index < -0.39 is 0 Å². The van der Waals surface area contributed by atoms with E-state index in [0.29, 0.717) is 0 Å². The van der Waals surface area contributed by atoms with Crippen LogP contribution in [0.1, 0.15) is 5.56 Å². The molecule has 1 N–H and O–H groups in total. The summed E-state index contributed by atoms with van der Waals surface area (Å²) in [6.07, 6.45) is 4.37. The average Bonchev–Trinajstić information content (AvgIpc) is 3.48. The molecule has 0 radical (unpaired) electrons. The molecular formula is C40H29N2+. The van der Waals surface area contributed by atoms with Crippen LogP contribution in [0.5, 0.6) is 0 Å². The third kappa shape index (κ3) is 4.08. The zero-order valence-electron chi connectivity index (χ0n) is 23.4. The van der Waals surface area contributed by atoms with Gasteiger partial charge in [0.1, 0.15) is 12.4 Å². The zero-order valence-corrected chi connectivity index (χ0v) is 23.4. The van der Waals surface area contributed by atoms with Gasteiger partial charge in [0.15, 0.2) is 5.69 Å². The fourth-order valence-corrected chi connectivity index (χ4v) is 6.27. The number of imidazole rings is 1. The van der Waals surface area contributed by atoms with E-state index in [2.05, 4.69) is 168 Å². The number of aryl methyl sites for hydroxylation is 1. The SMILES string of the molecule is Cc1ccc(-c2c3ccccc3c(-c3ccc(-c4c[n+]5cc(-c6ccccc6)ccc5[nH]4)cc3)c3ccccc23)cc1. The molecule has 0 saturated carbocycles. The molecule has 8 rings (SSSR count). The van der Waals surface area contributed by atoms with Gasteiger partial charge in [-0.1, -0.05) is 121 Å². The number of fused-ring (bicyclic) bond motifs is 3. The number of nitrogens with one attached hydrogen (secondary N) is 1. The highest BCUT2D eigenvalue weighted by atomic mass is 15.0. The van der Waals surface area contributed by atoms with E-state index in [9.17, 15) is 0 Å². The molecule has 0 aliphatic carbocycles. The summed E-state index contributed by atoms with van der Waals surface area (Å²) in [5, 5.41) is 5.10. The molecule has 0 spiro atoms. The Balaban J connectivity index is 1.25. The first-order chi connectivity index (χ1) is 20.7. The number of benzene rings is 6. The Bertz CT molecular complexity index is 2170. The minimum Gasteiger partial charge on any atom is -0.237 e. The Hall–Kier alpha value is -5.47. The van der Waals surface area contributed by atoms with Crippen molar-refractivity contribution >= 4 is 27.2 Å². The van der Waals surface area contributed by atoms with Crippen molar-refractivity contribution in [1.29, 1.82) is 0 Å². The predicted octanol–water partition coefficient (Wildman–Crippen LogP) is 10.0. The topological polar surface area (TPSA) is 19.9 Å². The van der Waals surface area contributed by atoms with Crippen molar-refractivity contribution in [3.05, 3.63) is 157 Å². The normalized spacial score (nSPS) is 11.5. The summed E-state index contributed by atoms with van der Waals surface area (Å²) in [6.45, 7) is 2.14. The van der Waals surface area contributed by atoms with Crippen molar-refractivity contribution < 1.29 is 4.40 Å².